The highest BCUT2D eigenvalue weighted by Gasteiger charge is 2.19. The van der Waals surface area contributed by atoms with Crippen LogP contribution in [0, 0.1) is 6.92 Å². The van der Waals surface area contributed by atoms with Gasteiger partial charge in [0.25, 0.3) is 5.91 Å². The minimum atomic E-state index is -0.149. The van der Waals surface area contributed by atoms with Gasteiger partial charge in [-0.1, -0.05) is 11.6 Å². The zero-order valence-electron chi connectivity index (χ0n) is 11.4. The summed E-state index contributed by atoms with van der Waals surface area (Å²) in [5.74, 6) is -0.149. The number of rotatable bonds is 4. The lowest BCUT2D eigenvalue weighted by Gasteiger charge is -2.23. The van der Waals surface area contributed by atoms with E-state index in [2.05, 4.69) is 22.1 Å². The van der Waals surface area contributed by atoms with E-state index in [4.69, 9.17) is 11.6 Å². The third-order valence-corrected chi connectivity index (χ3v) is 3.87. The van der Waals surface area contributed by atoms with Gasteiger partial charge >= 0.3 is 0 Å². The molecule has 2 rings (SSSR count). The Kier molecular flexibility index (Phi) is 4.77. The lowest BCUT2D eigenvalue weighted by molar-refractivity contribution is 0.0940. The highest BCUT2D eigenvalue weighted by atomic mass is 35.5. The highest BCUT2D eigenvalue weighted by Crippen LogP contribution is 2.16. The summed E-state index contributed by atoms with van der Waals surface area (Å²) in [5, 5.41) is 3.39. The van der Waals surface area contributed by atoms with Crippen LogP contribution in [0.25, 0.3) is 0 Å². The first kappa shape index (κ1) is 14.3. The highest BCUT2D eigenvalue weighted by molar-refractivity contribution is 6.33. The quantitative estimate of drug-likeness (QED) is 0.921. The fourth-order valence-corrected chi connectivity index (χ4v) is 2.63. The van der Waals surface area contributed by atoms with Crippen LogP contribution in [0.5, 0.6) is 0 Å². The Morgan fingerprint density at radius 2 is 2.21 bits per heavy atom. The van der Waals surface area contributed by atoms with Crippen molar-refractivity contribution >= 4 is 17.5 Å². The van der Waals surface area contributed by atoms with Crippen molar-refractivity contribution in [2.75, 3.05) is 19.6 Å². The predicted molar refractivity (Wildman–Crippen MR) is 76.6 cm³/mol. The number of pyridine rings is 1. The van der Waals surface area contributed by atoms with Gasteiger partial charge in [0.15, 0.2) is 0 Å². The lowest BCUT2D eigenvalue weighted by atomic mass is 10.2. The number of aryl methyl sites for hydroxylation is 1. The first-order valence-electron chi connectivity index (χ1n) is 6.72. The van der Waals surface area contributed by atoms with E-state index in [0.29, 0.717) is 23.2 Å². The predicted octanol–water partition coefficient (Wildman–Crippen LogP) is 2.26. The van der Waals surface area contributed by atoms with Crippen LogP contribution < -0.4 is 5.32 Å². The standard InChI is InChI=1S/C14H20ClN3O/c1-10-7-13(15)12(9-16-10)14(19)17-8-11(2)18-5-3-4-6-18/h7,9,11H,3-6,8H2,1-2H3,(H,17,19). The van der Waals surface area contributed by atoms with Crippen molar-refractivity contribution in [3.8, 4) is 0 Å². The molecule has 4 nitrogen and oxygen atoms in total. The zero-order valence-corrected chi connectivity index (χ0v) is 12.2. The molecule has 0 spiro atoms. The summed E-state index contributed by atoms with van der Waals surface area (Å²) in [6, 6.07) is 2.07. The molecule has 1 saturated heterocycles. The van der Waals surface area contributed by atoms with Gasteiger partial charge in [-0.15, -0.1) is 0 Å². The van der Waals surface area contributed by atoms with E-state index in [-0.39, 0.29) is 5.91 Å². The van der Waals surface area contributed by atoms with Crippen LogP contribution >= 0.6 is 11.6 Å². The number of carbonyl (C=O) groups excluding carboxylic acids is 1. The van der Waals surface area contributed by atoms with Crippen molar-refractivity contribution in [1.82, 2.24) is 15.2 Å². The van der Waals surface area contributed by atoms with Crippen LogP contribution in [0.3, 0.4) is 0 Å². The average molecular weight is 282 g/mol. The molecule has 1 aliphatic rings. The van der Waals surface area contributed by atoms with Gasteiger partial charge in [-0.25, -0.2) is 0 Å². The van der Waals surface area contributed by atoms with Crippen molar-refractivity contribution in [1.29, 1.82) is 0 Å². The molecule has 1 aliphatic heterocycles. The molecule has 0 bridgehead atoms. The third kappa shape index (κ3) is 3.67. The summed E-state index contributed by atoms with van der Waals surface area (Å²) in [7, 11) is 0. The number of carbonyl (C=O) groups is 1. The molecule has 1 fully saturated rings. The molecule has 1 atom stereocenters. The average Bonchev–Trinajstić information content (AvgIpc) is 2.89. The molecule has 1 N–H and O–H groups in total. The summed E-state index contributed by atoms with van der Waals surface area (Å²) < 4.78 is 0. The van der Waals surface area contributed by atoms with Crippen molar-refractivity contribution in [3.05, 3.63) is 28.5 Å². The molecule has 104 valence electrons. The molecule has 0 aromatic carbocycles. The molecule has 19 heavy (non-hydrogen) atoms. The first-order valence-corrected chi connectivity index (χ1v) is 7.10. The minimum Gasteiger partial charge on any atom is -0.350 e. The van der Waals surface area contributed by atoms with Gasteiger partial charge in [0.2, 0.25) is 0 Å². The van der Waals surface area contributed by atoms with Crippen molar-refractivity contribution < 1.29 is 4.79 Å². The number of hydrogen-bond acceptors (Lipinski definition) is 3. The van der Waals surface area contributed by atoms with Crippen LogP contribution in [-0.2, 0) is 0 Å². The van der Waals surface area contributed by atoms with E-state index in [9.17, 15) is 4.79 Å². The van der Waals surface area contributed by atoms with E-state index in [1.807, 2.05) is 6.92 Å². The Labute approximate surface area is 119 Å². The summed E-state index contributed by atoms with van der Waals surface area (Å²) in [4.78, 5) is 18.6. The number of aromatic nitrogens is 1. The van der Waals surface area contributed by atoms with E-state index in [0.717, 1.165) is 18.8 Å². The maximum absolute atomic E-state index is 12.0. The number of likely N-dealkylation sites (tertiary alicyclic amines) is 1. The Hall–Kier alpha value is -1.13. The molecular weight excluding hydrogens is 262 g/mol. The second-order valence-corrected chi connectivity index (χ2v) is 5.51. The third-order valence-electron chi connectivity index (χ3n) is 3.56. The van der Waals surface area contributed by atoms with Crippen LogP contribution in [0.2, 0.25) is 5.02 Å². The van der Waals surface area contributed by atoms with Gasteiger partial charge in [-0.2, -0.15) is 0 Å². The van der Waals surface area contributed by atoms with Crippen LogP contribution in [0.4, 0.5) is 0 Å². The molecule has 0 aliphatic carbocycles. The number of amides is 1. The molecule has 1 unspecified atom stereocenters. The van der Waals surface area contributed by atoms with Gasteiger partial charge in [0.05, 0.1) is 10.6 Å². The smallest absolute Gasteiger partial charge is 0.254 e. The van der Waals surface area contributed by atoms with Gasteiger partial charge in [0, 0.05) is 24.5 Å². The fraction of sp³-hybridized carbons (Fsp3) is 0.571. The number of halogens is 1. The van der Waals surface area contributed by atoms with E-state index in [1.165, 1.54) is 19.0 Å². The summed E-state index contributed by atoms with van der Waals surface area (Å²) in [6.07, 6.45) is 4.05. The number of nitrogens with one attached hydrogen (secondary N) is 1. The maximum atomic E-state index is 12.0. The SMILES string of the molecule is Cc1cc(Cl)c(C(=O)NCC(C)N2CCCC2)cn1. The molecule has 1 aromatic rings. The topological polar surface area (TPSA) is 45.2 Å². The maximum Gasteiger partial charge on any atom is 0.254 e. The molecule has 0 saturated carbocycles. The normalized spacial score (nSPS) is 17.4. The lowest BCUT2D eigenvalue weighted by Crippen LogP contribution is -2.40. The molecule has 5 heteroatoms. The van der Waals surface area contributed by atoms with Crippen LogP contribution in [-0.4, -0.2) is 41.5 Å². The van der Waals surface area contributed by atoms with Crippen molar-refractivity contribution in [2.24, 2.45) is 0 Å². The van der Waals surface area contributed by atoms with Gasteiger partial charge < -0.3 is 5.32 Å². The van der Waals surface area contributed by atoms with Gasteiger partial charge in [-0.05, 0) is 45.8 Å². The minimum absolute atomic E-state index is 0.149. The Bertz CT molecular complexity index is 458. The monoisotopic (exact) mass is 281 g/mol. The largest absolute Gasteiger partial charge is 0.350 e. The van der Waals surface area contributed by atoms with Crippen molar-refractivity contribution in [2.45, 2.75) is 32.7 Å². The summed E-state index contributed by atoms with van der Waals surface area (Å²) >= 11 is 6.06. The molecule has 2 heterocycles. The second kappa shape index (κ2) is 6.35. The van der Waals surface area contributed by atoms with Crippen LogP contribution in [0.15, 0.2) is 12.3 Å². The molecule has 0 radical (unpaired) electrons. The fourth-order valence-electron chi connectivity index (χ4n) is 2.34. The Morgan fingerprint density at radius 3 is 2.84 bits per heavy atom. The second-order valence-electron chi connectivity index (χ2n) is 5.11. The number of hydrogen-bond donors (Lipinski definition) is 1. The zero-order chi connectivity index (χ0) is 13.8. The first-order chi connectivity index (χ1) is 9.08. The Morgan fingerprint density at radius 1 is 1.53 bits per heavy atom. The van der Waals surface area contributed by atoms with Gasteiger partial charge in [0.1, 0.15) is 0 Å². The van der Waals surface area contributed by atoms with E-state index in [1.54, 1.807) is 6.07 Å². The van der Waals surface area contributed by atoms with Gasteiger partial charge in [-0.3, -0.25) is 14.7 Å². The molecule has 1 amide bonds. The molecular formula is C14H20ClN3O. The van der Waals surface area contributed by atoms with E-state index < -0.39 is 0 Å². The van der Waals surface area contributed by atoms with Crippen molar-refractivity contribution in [3.63, 3.8) is 0 Å². The summed E-state index contributed by atoms with van der Waals surface area (Å²) in [5.41, 5.74) is 1.26. The van der Waals surface area contributed by atoms with Crippen LogP contribution in [0.1, 0.15) is 35.8 Å². The van der Waals surface area contributed by atoms with E-state index >= 15 is 0 Å². The molecule has 1 aromatic heterocycles. The number of nitrogens with zero attached hydrogens (tertiary/aromatic N) is 2. The summed E-state index contributed by atoms with van der Waals surface area (Å²) in [6.45, 7) is 6.89. The Balaban J connectivity index is 1.90.